The first-order valence-electron chi connectivity index (χ1n) is 7.97. The van der Waals surface area contributed by atoms with Gasteiger partial charge in [0, 0.05) is 0 Å². The summed E-state index contributed by atoms with van der Waals surface area (Å²) >= 11 is 0. The van der Waals surface area contributed by atoms with E-state index in [-0.39, 0.29) is 0 Å². The van der Waals surface area contributed by atoms with E-state index in [0.717, 1.165) is 6.42 Å². The molecule has 0 aromatic carbocycles. The summed E-state index contributed by atoms with van der Waals surface area (Å²) in [6.07, 6.45) is 5.63. The Morgan fingerprint density at radius 1 is 0.632 bits per heavy atom. The molecule has 0 fully saturated rings. The standard InChI is InChI=1S/C13H22.3C2H6/c1-7-13(9-11(4)5)12(6)8-10(2)3;3*1-2/h8-9H,7H2,1-6H3;3*1-2H3/b13-12+;;;. The second-order valence-corrected chi connectivity index (χ2v) is 4.01. The highest BCUT2D eigenvalue weighted by molar-refractivity contribution is 5.34. The molecule has 0 saturated heterocycles. The molecule has 0 atom stereocenters. The van der Waals surface area contributed by atoms with Gasteiger partial charge in [-0.3, -0.25) is 0 Å². The lowest BCUT2D eigenvalue weighted by molar-refractivity contribution is 1.10. The Kier molecular flexibility index (Phi) is 31.5. The van der Waals surface area contributed by atoms with E-state index in [4.69, 9.17) is 0 Å². The average molecular weight is 269 g/mol. The summed E-state index contributed by atoms with van der Waals surface area (Å²) in [6, 6.07) is 0. The Bertz CT molecular complexity index is 241. The van der Waals surface area contributed by atoms with Gasteiger partial charge in [0.2, 0.25) is 0 Å². The normalized spacial score (nSPS) is 9.05. The van der Waals surface area contributed by atoms with Gasteiger partial charge < -0.3 is 0 Å². The van der Waals surface area contributed by atoms with Crippen molar-refractivity contribution in [2.24, 2.45) is 0 Å². The molecule has 0 radical (unpaired) electrons. The van der Waals surface area contributed by atoms with Gasteiger partial charge in [-0.15, -0.1) is 0 Å². The zero-order valence-electron chi connectivity index (χ0n) is 15.9. The first-order valence-corrected chi connectivity index (χ1v) is 7.97. The lowest BCUT2D eigenvalue weighted by Crippen LogP contribution is -1.83. The van der Waals surface area contributed by atoms with Gasteiger partial charge in [0.05, 0.1) is 0 Å². The lowest BCUT2D eigenvalue weighted by atomic mass is 10.0. The van der Waals surface area contributed by atoms with E-state index < -0.39 is 0 Å². The fourth-order valence-electron chi connectivity index (χ4n) is 1.37. The molecule has 0 bridgehead atoms. The van der Waals surface area contributed by atoms with Gasteiger partial charge in [0.1, 0.15) is 0 Å². The van der Waals surface area contributed by atoms with Crippen molar-refractivity contribution < 1.29 is 0 Å². The molecule has 0 saturated carbocycles. The zero-order valence-corrected chi connectivity index (χ0v) is 15.9. The van der Waals surface area contributed by atoms with Crippen molar-refractivity contribution in [3.63, 3.8) is 0 Å². The van der Waals surface area contributed by atoms with Crippen LogP contribution in [0.1, 0.15) is 89.5 Å². The second-order valence-electron chi connectivity index (χ2n) is 4.01. The molecule has 0 spiro atoms. The molecule has 0 unspecified atom stereocenters. The van der Waals surface area contributed by atoms with E-state index in [1.807, 2.05) is 41.5 Å². The Balaban J connectivity index is -0.000000163. The van der Waals surface area contributed by atoms with E-state index in [1.54, 1.807) is 0 Å². The lowest BCUT2D eigenvalue weighted by Gasteiger charge is -2.03. The van der Waals surface area contributed by atoms with Gasteiger partial charge in [-0.2, -0.15) is 0 Å². The number of hydrogen-bond donors (Lipinski definition) is 0. The number of allylic oxidation sites excluding steroid dienone is 6. The van der Waals surface area contributed by atoms with Gasteiger partial charge in [-0.25, -0.2) is 0 Å². The Morgan fingerprint density at radius 2 is 0.947 bits per heavy atom. The minimum atomic E-state index is 1.11. The van der Waals surface area contributed by atoms with Crippen molar-refractivity contribution in [1.82, 2.24) is 0 Å². The highest BCUT2D eigenvalue weighted by atomic mass is 14.0. The summed E-state index contributed by atoms with van der Waals surface area (Å²) in [5.41, 5.74) is 5.58. The highest BCUT2D eigenvalue weighted by Crippen LogP contribution is 2.14. The monoisotopic (exact) mass is 268 g/mol. The number of rotatable bonds is 3. The fourth-order valence-corrected chi connectivity index (χ4v) is 1.37. The summed E-state index contributed by atoms with van der Waals surface area (Å²) < 4.78 is 0. The molecule has 0 rings (SSSR count). The van der Waals surface area contributed by atoms with Gasteiger partial charge in [-0.05, 0) is 52.2 Å². The predicted octanol–water partition coefficient (Wildman–Crippen LogP) is 7.72. The van der Waals surface area contributed by atoms with Crippen LogP contribution in [0.25, 0.3) is 0 Å². The predicted molar refractivity (Wildman–Crippen MR) is 95.9 cm³/mol. The molecule has 0 aliphatic carbocycles. The molecule has 0 aromatic rings. The van der Waals surface area contributed by atoms with E-state index in [1.165, 1.54) is 22.3 Å². The second kappa shape index (κ2) is 22.4. The largest absolute Gasteiger partial charge is 0.0762 e. The van der Waals surface area contributed by atoms with E-state index in [0.29, 0.717) is 0 Å². The molecule has 0 amide bonds. The van der Waals surface area contributed by atoms with Gasteiger partial charge >= 0.3 is 0 Å². The van der Waals surface area contributed by atoms with Gasteiger partial charge in [0.25, 0.3) is 0 Å². The molecule has 0 heterocycles. The van der Waals surface area contributed by atoms with Gasteiger partial charge in [-0.1, -0.05) is 71.8 Å². The van der Waals surface area contributed by atoms with Crippen LogP contribution in [0.2, 0.25) is 0 Å². The smallest absolute Gasteiger partial charge is 0.0305 e. The summed E-state index contributed by atoms with van der Waals surface area (Å²) in [4.78, 5) is 0. The van der Waals surface area contributed by atoms with Crippen molar-refractivity contribution in [1.29, 1.82) is 0 Å². The van der Waals surface area contributed by atoms with Crippen molar-refractivity contribution in [3.8, 4) is 0 Å². The molecule has 0 nitrogen and oxygen atoms in total. The zero-order chi connectivity index (χ0) is 16.4. The molecule has 0 N–H and O–H groups in total. The third kappa shape index (κ3) is 22.8. The molecular formula is C19H40. The Morgan fingerprint density at radius 3 is 1.16 bits per heavy atom. The van der Waals surface area contributed by atoms with E-state index >= 15 is 0 Å². The third-order valence-electron chi connectivity index (χ3n) is 1.86. The SMILES string of the molecule is CC.CC.CC.CC/C(C=C(C)C)=C(/C)C=C(C)C. The van der Waals surface area contributed by atoms with Crippen LogP contribution in [0.5, 0.6) is 0 Å². The minimum Gasteiger partial charge on any atom is -0.0762 e. The molecule has 19 heavy (non-hydrogen) atoms. The van der Waals surface area contributed by atoms with Crippen molar-refractivity contribution in [2.75, 3.05) is 0 Å². The third-order valence-corrected chi connectivity index (χ3v) is 1.86. The highest BCUT2D eigenvalue weighted by Gasteiger charge is 1.94. The topological polar surface area (TPSA) is 0 Å². The first-order chi connectivity index (χ1) is 8.97. The van der Waals surface area contributed by atoms with Gasteiger partial charge in [0.15, 0.2) is 0 Å². The Hall–Kier alpha value is -0.780. The van der Waals surface area contributed by atoms with Crippen LogP contribution in [-0.4, -0.2) is 0 Å². The molecule has 0 heteroatoms. The van der Waals surface area contributed by atoms with Crippen LogP contribution in [0.4, 0.5) is 0 Å². The van der Waals surface area contributed by atoms with Crippen molar-refractivity contribution >= 4 is 0 Å². The molecule has 0 aromatic heterocycles. The minimum absolute atomic E-state index is 1.11. The quantitative estimate of drug-likeness (QED) is 0.459. The van der Waals surface area contributed by atoms with Crippen LogP contribution < -0.4 is 0 Å². The van der Waals surface area contributed by atoms with Crippen molar-refractivity contribution in [3.05, 3.63) is 34.4 Å². The van der Waals surface area contributed by atoms with E-state index in [9.17, 15) is 0 Å². The molecule has 0 aliphatic rings. The fraction of sp³-hybridized carbons (Fsp3) is 0.684. The maximum absolute atomic E-state index is 2.27. The molecular weight excluding hydrogens is 228 g/mol. The van der Waals surface area contributed by atoms with E-state index in [2.05, 4.69) is 53.7 Å². The summed E-state index contributed by atoms with van der Waals surface area (Å²) in [5, 5.41) is 0. The van der Waals surface area contributed by atoms with Crippen LogP contribution in [0.15, 0.2) is 34.4 Å². The maximum Gasteiger partial charge on any atom is -0.0305 e. The molecule has 0 aliphatic heterocycles. The van der Waals surface area contributed by atoms with Crippen LogP contribution in [-0.2, 0) is 0 Å². The van der Waals surface area contributed by atoms with Crippen LogP contribution >= 0.6 is 0 Å². The van der Waals surface area contributed by atoms with Crippen molar-refractivity contribution in [2.45, 2.75) is 89.5 Å². The van der Waals surface area contributed by atoms with Crippen LogP contribution in [0.3, 0.4) is 0 Å². The first kappa shape index (κ1) is 26.7. The average Bonchev–Trinajstić information content (AvgIpc) is 2.41. The summed E-state index contributed by atoms with van der Waals surface area (Å²) in [5.74, 6) is 0. The summed E-state index contributed by atoms with van der Waals surface area (Å²) in [6.45, 7) is 25.0. The molecule has 116 valence electrons. The number of hydrogen-bond acceptors (Lipinski definition) is 0. The van der Waals surface area contributed by atoms with Crippen LogP contribution in [0, 0.1) is 0 Å². The Labute approximate surface area is 124 Å². The maximum atomic E-state index is 2.27. The summed E-state index contributed by atoms with van der Waals surface area (Å²) in [7, 11) is 0.